The number of benzene rings is 1. The first-order chi connectivity index (χ1) is 7.75. The molecule has 1 unspecified atom stereocenters. The molecule has 1 aromatic rings. The van der Waals surface area contributed by atoms with Crippen LogP contribution in [0.4, 0.5) is 4.39 Å². The Bertz CT molecular complexity index is 353. The van der Waals surface area contributed by atoms with E-state index in [1.54, 1.807) is 12.1 Å². The molecule has 0 N–H and O–H groups in total. The van der Waals surface area contributed by atoms with E-state index in [0.717, 1.165) is 25.0 Å². The summed E-state index contributed by atoms with van der Waals surface area (Å²) in [7, 11) is 0. The Hall–Kier alpha value is -1.22. The first kappa shape index (κ1) is 11.3. The van der Waals surface area contributed by atoms with Crippen LogP contribution < -0.4 is 0 Å². The van der Waals surface area contributed by atoms with Crippen LogP contribution in [0, 0.1) is 11.7 Å². The number of hydrogen-bond acceptors (Lipinski definition) is 2. The zero-order chi connectivity index (χ0) is 11.4. The summed E-state index contributed by atoms with van der Waals surface area (Å²) < 4.78 is 18.0. The lowest BCUT2D eigenvalue weighted by atomic mass is 9.93. The Morgan fingerprint density at radius 2 is 2.12 bits per heavy atom. The molecular weight excluding hydrogens is 207 g/mol. The van der Waals surface area contributed by atoms with Gasteiger partial charge in [0, 0.05) is 18.9 Å². The molecule has 16 heavy (non-hydrogen) atoms. The van der Waals surface area contributed by atoms with Crippen molar-refractivity contribution in [3.05, 3.63) is 35.6 Å². The van der Waals surface area contributed by atoms with Gasteiger partial charge in [-0.15, -0.1) is 0 Å². The van der Waals surface area contributed by atoms with Crippen molar-refractivity contribution in [2.75, 3.05) is 13.2 Å². The molecule has 0 aliphatic carbocycles. The van der Waals surface area contributed by atoms with Crippen LogP contribution in [0.25, 0.3) is 0 Å². The summed E-state index contributed by atoms with van der Waals surface area (Å²) in [4.78, 5) is 11.9. The number of halogens is 1. The van der Waals surface area contributed by atoms with E-state index in [9.17, 15) is 9.18 Å². The van der Waals surface area contributed by atoms with E-state index < -0.39 is 0 Å². The highest BCUT2D eigenvalue weighted by molar-refractivity contribution is 5.83. The number of rotatable bonds is 3. The van der Waals surface area contributed by atoms with Gasteiger partial charge in [0.15, 0.2) is 0 Å². The molecule has 1 atom stereocenters. The highest BCUT2D eigenvalue weighted by Crippen LogP contribution is 2.17. The molecule has 0 aromatic heterocycles. The number of carbonyl (C=O) groups is 1. The Morgan fingerprint density at radius 1 is 1.38 bits per heavy atom. The molecule has 0 radical (unpaired) electrons. The molecule has 1 aliphatic heterocycles. The summed E-state index contributed by atoms with van der Waals surface area (Å²) in [5.74, 6) is -0.0395. The van der Waals surface area contributed by atoms with Gasteiger partial charge in [-0.3, -0.25) is 4.79 Å². The summed E-state index contributed by atoms with van der Waals surface area (Å²) in [5.41, 5.74) is 0.872. The molecule has 1 heterocycles. The zero-order valence-corrected chi connectivity index (χ0v) is 9.12. The molecule has 0 saturated carbocycles. The van der Waals surface area contributed by atoms with E-state index in [0.29, 0.717) is 13.0 Å². The second-order valence-corrected chi connectivity index (χ2v) is 4.18. The van der Waals surface area contributed by atoms with Crippen LogP contribution in [0.3, 0.4) is 0 Å². The van der Waals surface area contributed by atoms with Crippen LogP contribution >= 0.6 is 0 Å². The summed E-state index contributed by atoms with van der Waals surface area (Å²) in [6.07, 6.45) is 2.26. The minimum Gasteiger partial charge on any atom is -0.381 e. The molecule has 2 nitrogen and oxygen atoms in total. The van der Waals surface area contributed by atoms with Crippen LogP contribution in [0.15, 0.2) is 24.3 Å². The van der Waals surface area contributed by atoms with Gasteiger partial charge in [-0.05, 0) is 30.5 Å². The van der Waals surface area contributed by atoms with Gasteiger partial charge in [0.1, 0.15) is 11.6 Å². The van der Waals surface area contributed by atoms with Crippen molar-refractivity contribution < 1.29 is 13.9 Å². The third-order valence-corrected chi connectivity index (χ3v) is 2.91. The monoisotopic (exact) mass is 222 g/mol. The van der Waals surface area contributed by atoms with Crippen molar-refractivity contribution in [1.82, 2.24) is 0 Å². The van der Waals surface area contributed by atoms with E-state index in [1.165, 1.54) is 12.1 Å². The van der Waals surface area contributed by atoms with Gasteiger partial charge in [-0.1, -0.05) is 12.1 Å². The largest absolute Gasteiger partial charge is 0.381 e. The lowest BCUT2D eigenvalue weighted by Gasteiger charge is -2.20. The molecule has 1 aliphatic rings. The predicted octanol–water partition coefficient (Wildman–Crippen LogP) is 2.36. The molecular formula is C13H15FO2. The fourth-order valence-corrected chi connectivity index (χ4v) is 1.94. The Labute approximate surface area is 94.4 Å². The smallest absolute Gasteiger partial charge is 0.142 e. The second kappa shape index (κ2) is 5.21. The summed E-state index contributed by atoms with van der Waals surface area (Å²) in [5, 5.41) is 0. The molecule has 1 saturated heterocycles. The van der Waals surface area contributed by atoms with Gasteiger partial charge in [0.25, 0.3) is 0 Å². The van der Waals surface area contributed by atoms with E-state index in [-0.39, 0.29) is 17.5 Å². The van der Waals surface area contributed by atoms with E-state index in [2.05, 4.69) is 0 Å². The zero-order valence-electron chi connectivity index (χ0n) is 9.12. The van der Waals surface area contributed by atoms with Crippen molar-refractivity contribution in [3.63, 3.8) is 0 Å². The predicted molar refractivity (Wildman–Crippen MR) is 58.7 cm³/mol. The molecule has 0 bridgehead atoms. The summed E-state index contributed by atoms with van der Waals surface area (Å²) in [6.45, 7) is 1.31. The Kier molecular flexibility index (Phi) is 3.67. The lowest BCUT2D eigenvalue weighted by Crippen LogP contribution is -2.26. The maximum atomic E-state index is 12.7. The normalized spacial score (nSPS) is 20.7. The molecule has 86 valence electrons. The van der Waals surface area contributed by atoms with Crippen LogP contribution in [0.2, 0.25) is 0 Å². The highest BCUT2D eigenvalue weighted by Gasteiger charge is 2.21. The average molecular weight is 222 g/mol. The second-order valence-electron chi connectivity index (χ2n) is 4.18. The van der Waals surface area contributed by atoms with Crippen LogP contribution in [-0.4, -0.2) is 19.0 Å². The Balaban J connectivity index is 1.93. The number of carbonyl (C=O) groups excluding carboxylic acids is 1. The molecule has 2 rings (SSSR count). The van der Waals surface area contributed by atoms with Gasteiger partial charge in [0.2, 0.25) is 0 Å². The number of hydrogen-bond donors (Lipinski definition) is 0. The first-order valence-electron chi connectivity index (χ1n) is 5.60. The Morgan fingerprint density at radius 3 is 2.75 bits per heavy atom. The highest BCUT2D eigenvalue weighted by atomic mass is 19.1. The molecule has 0 amide bonds. The number of ketones is 1. The third kappa shape index (κ3) is 2.89. The van der Waals surface area contributed by atoms with E-state index >= 15 is 0 Å². The van der Waals surface area contributed by atoms with Crippen LogP contribution in [0.5, 0.6) is 0 Å². The van der Waals surface area contributed by atoms with Gasteiger partial charge in [0.05, 0.1) is 6.61 Å². The molecule has 3 heteroatoms. The van der Waals surface area contributed by atoms with Gasteiger partial charge >= 0.3 is 0 Å². The summed E-state index contributed by atoms with van der Waals surface area (Å²) >= 11 is 0. The van der Waals surface area contributed by atoms with Crippen molar-refractivity contribution in [2.24, 2.45) is 5.92 Å². The molecule has 0 spiro atoms. The quantitative estimate of drug-likeness (QED) is 0.784. The maximum Gasteiger partial charge on any atom is 0.142 e. The minimum absolute atomic E-state index is 0.0267. The summed E-state index contributed by atoms with van der Waals surface area (Å²) in [6, 6.07) is 6.10. The fourth-order valence-electron chi connectivity index (χ4n) is 1.94. The van der Waals surface area contributed by atoms with Gasteiger partial charge in [-0.25, -0.2) is 4.39 Å². The van der Waals surface area contributed by atoms with Crippen LogP contribution in [-0.2, 0) is 16.0 Å². The number of Topliss-reactive ketones (excluding diaryl/α,β-unsaturated/α-hetero) is 1. The van der Waals surface area contributed by atoms with E-state index in [4.69, 9.17) is 4.74 Å². The van der Waals surface area contributed by atoms with E-state index in [1.807, 2.05) is 0 Å². The van der Waals surface area contributed by atoms with Crippen molar-refractivity contribution in [1.29, 1.82) is 0 Å². The lowest BCUT2D eigenvalue weighted by molar-refractivity contribution is -0.126. The van der Waals surface area contributed by atoms with Crippen LogP contribution in [0.1, 0.15) is 18.4 Å². The number of ether oxygens (including phenoxy) is 1. The first-order valence-corrected chi connectivity index (χ1v) is 5.60. The van der Waals surface area contributed by atoms with Crippen molar-refractivity contribution >= 4 is 5.78 Å². The molecule has 1 fully saturated rings. The topological polar surface area (TPSA) is 26.3 Å². The fraction of sp³-hybridized carbons (Fsp3) is 0.462. The SMILES string of the molecule is O=C(Cc1ccc(F)cc1)C1CCCOC1. The standard InChI is InChI=1S/C13H15FO2/c14-12-5-3-10(4-6-12)8-13(15)11-2-1-7-16-9-11/h3-6,11H,1-2,7-9H2. The third-order valence-electron chi connectivity index (χ3n) is 2.91. The average Bonchev–Trinajstić information content (AvgIpc) is 2.33. The molecule has 1 aromatic carbocycles. The van der Waals surface area contributed by atoms with Gasteiger partial charge in [-0.2, -0.15) is 0 Å². The maximum absolute atomic E-state index is 12.7. The van der Waals surface area contributed by atoms with Crippen molar-refractivity contribution in [3.8, 4) is 0 Å². The minimum atomic E-state index is -0.266. The van der Waals surface area contributed by atoms with Gasteiger partial charge < -0.3 is 4.74 Å². The van der Waals surface area contributed by atoms with Crippen molar-refractivity contribution in [2.45, 2.75) is 19.3 Å².